The summed E-state index contributed by atoms with van der Waals surface area (Å²) in [6, 6.07) is 7.73. The SMILES string of the molecule is CCNCCC(C)Oc1ccccc1OC. The first kappa shape index (κ1) is 12.8. The van der Waals surface area contributed by atoms with Crippen molar-refractivity contribution in [2.75, 3.05) is 20.2 Å². The fourth-order valence-electron chi connectivity index (χ4n) is 1.47. The van der Waals surface area contributed by atoms with Gasteiger partial charge in [-0.05, 0) is 38.6 Å². The number of ether oxygens (including phenoxy) is 2. The van der Waals surface area contributed by atoms with Crippen LogP contribution in [-0.4, -0.2) is 26.3 Å². The van der Waals surface area contributed by atoms with Crippen LogP contribution in [0, 0.1) is 0 Å². The Bertz CT molecular complexity index is 302. The van der Waals surface area contributed by atoms with E-state index >= 15 is 0 Å². The Hall–Kier alpha value is -1.22. The van der Waals surface area contributed by atoms with E-state index in [1.54, 1.807) is 7.11 Å². The predicted octanol–water partition coefficient (Wildman–Crippen LogP) is 2.46. The van der Waals surface area contributed by atoms with Crippen LogP contribution in [0.2, 0.25) is 0 Å². The topological polar surface area (TPSA) is 30.5 Å². The van der Waals surface area contributed by atoms with E-state index in [0.717, 1.165) is 31.0 Å². The van der Waals surface area contributed by atoms with E-state index < -0.39 is 0 Å². The van der Waals surface area contributed by atoms with E-state index in [0.29, 0.717) is 0 Å². The molecule has 1 aromatic carbocycles. The normalized spacial score (nSPS) is 12.2. The molecule has 16 heavy (non-hydrogen) atoms. The van der Waals surface area contributed by atoms with Crippen LogP contribution in [-0.2, 0) is 0 Å². The molecule has 0 bridgehead atoms. The number of methoxy groups -OCH3 is 1. The molecule has 0 spiro atoms. The van der Waals surface area contributed by atoms with Crippen molar-refractivity contribution in [2.24, 2.45) is 0 Å². The molecular weight excluding hydrogens is 202 g/mol. The zero-order valence-electron chi connectivity index (χ0n) is 10.3. The molecule has 0 aliphatic heterocycles. The van der Waals surface area contributed by atoms with Gasteiger partial charge >= 0.3 is 0 Å². The highest BCUT2D eigenvalue weighted by Gasteiger charge is 2.07. The molecule has 1 rings (SSSR count). The fourth-order valence-corrected chi connectivity index (χ4v) is 1.47. The fraction of sp³-hybridized carbons (Fsp3) is 0.538. The highest BCUT2D eigenvalue weighted by Crippen LogP contribution is 2.27. The number of hydrogen-bond acceptors (Lipinski definition) is 3. The molecule has 0 aliphatic rings. The van der Waals surface area contributed by atoms with Gasteiger partial charge in [-0.3, -0.25) is 0 Å². The third kappa shape index (κ3) is 4.11. The quantitative estimate of drug-likeness (QED) is 0.720. The van der Waals surface area contributed by atoms with Gasteiger partial charge in [0.05, 0.1) is 13.2 Å². The first-order chi connectivity index (χ1) is 7.77. The van der Waals surface area contributed by atoms with Gasteiger partial charge in [0.25, 0.3) is 0 Å². The molecule has 3 nitrogen and oxygen atoms in total. The molecule has 0 amide bonds. The van der Waals surface area contributed by atoms with Crippen molar-refractivity contribution >= 4 is 0 Å². The predicted molar refractivity (Wildman–Crippen MR) is 66.2 cm³/mol. The smallest absolute Gasteiger partial charge is 0.161 e. The van der Waals surface area contributed by atoms with Gasteiger partial charge in [0.15, 0.2) is 11.5 Å². The molecule has 1 N–H and O–H groups in total. The lowest BCUT2D eigenvalue weighted by Crippen LogP contribution is -2.22. The summed E-state index contributed by atoms with van der Waals surface area (Å²) in [5, 5.41) is 3.28. The molecule has 0 aromatic heterocycles. The van der Waals surface area contributed by atoms with Gasteiger partial charge in [0, 0.05) is 0 Å². The number of hydrogen-bond donors (Lipinski definition) is 1. The Morgan fingerprint density at radius 2 is 1.94 bits per heavy atom. The standard InChI is InChI=1S/C13H21NO2/c1-4-14-10-9-11(2)16-13-8-6-5-7-12(13)15-3/h5-8,11,14H,4,9-10H2,1-3H3. The van der Waals surface area contributed by atoms with Crippen molar-refractivity contribution in [3.8, 4) is 11.5 Å². The zero-order chi connectivity index (χ0) is 11.8. The lowest BCUT2D eigenvalue weighted by atomic mass is 10.2. The van der Waals surface area contributed by atoms with Crippen LogP contribution in [0.15, 0.2) is 24.3 Å². The molecule has 3 heteroatoms. The van der Waals surface area contributed by atoms with E-state index in [4.69, 9.17) is 9.47 Å². The minimum Gasteiger partial charge on any atom is -0.493 e. The monoisotopic (exact) mass is 223 g/mol. The summed E-state index contributed by atoms with van der Waals surface area (Å²) in [4.78, 5) is 0. The van der Waals surface area contributed by atoms with Crippen molar-refractivity contribution in [1.82, 2.24) is 5.32 Å². The Morgan fingerprint density at radius 3 is 2.56 bits per heavy atom. The van der Waals surface area contributed by atoms with E-state index in [9.17, 15) is 0 Å². The van der Waals surface area contributed by atoms with Crippen LogP contribution in [0.4, 0.5) is 0 Å². The van der Waals surface area contributed by atoms with Crippen molar-refractivity contribution in [3.63, 3.8) is 0 Å². The molecule has 1 unspecified atom stereocenters. The molecule has 1 aromatic rings. The van der Waals surface area contributed by atoms with Crippen LogP contribution in [0.5, 0.6) is 11.5 Å². The van der Waals surface area contributed by atoms with E-state index in [2.05, 4.69) is 19.2 Å². The molecule has 0 saturated carbocycles. The van der Waals surface area contributed by atoms with Crippen molar-refractivity contribution in [1.29, 1.82) is 0 Å². The highest BCUT2D eigenvalue weighted by atomic mass is 16.5. The van der Waals surface area contributed by atoms with Crippen LogP contribution < -0.4 is 14.8 Å². The van der Waals surface area contributed by atoms with Crippen LogP contribution in [0.1, 0.15) is 20.3 Å². The maximum atomic E-state index is 5.82. The molecular formula is C13H21NO2. The number of rotatable bonds is 7. The van der Waals surface area contributed by atoms with E-state index in [1.165, 1.54) is 0 Å². The van der Waals surface area contributed by atoms with Crippen molar-refractivity contribution in [3.05, 3.63) is 24.3 Å². The summed E-state index contributed by atoms with van der Waals surface area (Å²) in [6.07, 6.45) is 1.18. The number of benzene rings is 1. The summed E-state index contributed by atoms with van der Waals surface area (Å²) < 4.78 is 11.0. The van der Waals surface area contributed by atoms with E-state index in [-0.39, 0.29) is 6.10 Å². The van der Waals surface area contributed by atoms with Crippen molar-refractivity contribution in [2.45, 2.75) is 26.4 Å². The molecule has 0 fully saturated rings. The lowest BCUT2D eigenvalue weighted by molar-refractivity contribution is 0.201. The maximum Gasteiger partial charge on any atom is 0.161 e. The van der Waals surface area contributed by atoms with Gasteiger partial charge in [0.2, 0.25) is 0 Å². The minimum absolute atomic E-state index is 0.190. The molecule has 0 radical (unpaired) electrons. The summed E-state index contributed by atoms with van der Waals surface area (Å²) in [5.74, 6) is 1.60. The van der Waals surface area contributed by atoms with Crippen LogP contribution in [0.25, 0.3) is 0 Å². The summed E-state index contributed by atoms with van der Waals surface area (Å²) in [5.41, 5.74) is 0. The molecule has 0 heterocycles. The first-order valence-electron chi connectivity index (χ1n) is 5.78. The van der Waals surface area contributed by atoms with E-state index in [1.807, 2.05) is 24.3 Å². The Labute approximate surface area is 97.8 Å². The number of para-hydroxylation sites is 2. The van der Waals surface area contributed by atoms with Gasteiger partial charge in [-0.25, -0.2) is 0 Å². The largest absolute Gasteiger partial charge is 0.493 e. The van der Waals surface area contributed by atoms with Gasteiger partial charge in [-0.1, -0.05) is 19.1 Å². The summed E-state index contributed by atoms with van der Waals surface area (Å²) in [6.45, 7) is 6.16. The molecule has 0 saturated heterocycles. The minimum atomic E-state index is 0.190. The third-order valence-electron chi connectivity index (χ3n) is 2.37. The second-order valence-electron chi connectivity index (χ2n) is 3.72. The summed E-state index contributed by atoms with van der Waals surface area (Å²) in [7, 11) is 1.66. The average Bonchev–Trinajstić information content (AvgIpc) is 2.30. The van der Waals surface area contributed by atoms with Crippen molar-refractivity contribution < 1.29 is 9.47 Å². The second-order valence-corrected chi connectivity index (χ2v) is 3.72. The molecule has 0 aliphatic carbocycles. The van der Waals surface area contributed by atoms with Gasteiger partial charge in [-0.2, -0.15) is 0 Å². The lowest BCUT2D eigenvalue weighted by Gasteiger charge is -2.16. The maximum absolute atomic E-state index is 5.82. The van der Waals surface area contributed by atoms with Crippen LogP contribution in [0.3, 0.4) is 0 Å². The zero-order valence-corrected chi connectivity index (χ0v) is 10.3. The van der Waals surface area contributed by atoms with Gasteiger partial charge < -0.3 is 14.8 Å². The van der Waals surface area contributed by atoms with Crippen LogP contribution >= 0.6 is 0 Å². The third-order valence-corrected chi connectivity index (χ3v) is 2.37. The van der Waals surface area contributed by atoms with Gasteiger partial charge in [-0.15, -0.1) is 0 Å². The summed E-state index contributed by atoms with van der Waals surface area (Å²) >= 11 is 0. The molecule has 1 atom stereocenters. The highest BCUT2D eigenvalue weighted by molar-refractivity contribution is 5.39. The second kappa shape index (κ2) is 7.12. The molecule has 90 valence electrons. The Morgan fingerprint density at radius 1 is 1.25 bits per heavy atom. The average molecular weight is 223 g/mol. The number of nitrogens with one attached hydrogen (secondary N) is 1. The first-order valence-corrected chi connectivity index (χ1v) is 5.78. The Kier molecular flexibility index (Phi) is 5.72. The van der Waals surface area contributed by atoms with Gasteiger partial charge in [0.1, 0.15) is 0 Å². The Balaban J connectivity index is 2.45.